The molecule has 1 aliphatic heterocycles. The van der Waals surface area contributed by atoms with Gasteiger partial charge in [0.2, 0.25) is 11.8 Å². The monoisotopic (exact) mass is 264 g/mol. The second-order valence-corrected chi connectivity index (χ2v) is 5.85. The Balaban J connectivity index is 2.07. The Kier molecular flexibility index (Phi) is 3.97. The van der Waals surface area contributed by atoms with E-state index in [1.807, 2.05) is 20.8 Å². The van der Waals surface area contributed by atoms with E-state index in [-0.39, 0.29) is 17.9 Å². The molecular weight excluding hydrogens is 240 g/mol. The number of nitrogens with one attached hydrogen (secondary N) is 1. The van der Waals surface area contributed by atoms with Gasteiger partial charge in [0, 0.05) is 6.54 Å². The van der Waals surface area contributed by atoms with Crippen LogP contribution in [0.25, 0.3) is 0 Å². The van der Waals surface area contributed by atoms with E-state index < -0.39 is 5.54 Å². The van der Waals surface area contributed by atoms with Gasteiger partial charge in [-0.25, -0.2) is 0 Å². The molecule has 4 nitrogen and oxygen atoms in total. The molecule has 0 radical (unpaired) electrons. The van der Waals surface area contributed by atoms with Crippen molar-refractivity contribution >= 4 is 11.8 Å². The predicted octanol–water partition coefficient (Wildman–Crippen LogP) is 2.00. The summed E-state index contributed by atoms with van der Waals surface area (Å²) < 4.78 is 0. The van der Waals surface area contributed by atoms with Crippen molar-refractivity contribution in [1.82, 2.24) is 10.2 Å². The lowest BCUT2D eigenvalue weighted by molar-refractivity contribution is -0.153. The van der Waals surface area contributed by atoms with Crippen LogP contribution in [0.4, 0.5) is 0 Å². The van der Waals surface area contributed by atoms with E-state index in [1.54, 1.807) is 4.90 Å². The average molecular weight is 264 g/mol. The normalized spacial score (nSPS) is 31.4. The SMILES string of the molecule is CCC1(C)NC(=O)C(C)N(CCC2=CCCC2)C1=O. The Morgan fingerprint density at radius 3 is 2.79 bits per heavy atom. The fourth-order valence-corrected chi connectivity index (χ4v) is 2.83. The largest absolute Gasteiger partial charge is 0.340 e. The van der Waals surface area contributed by atoms with Crippen molar-refractivity contribution in [3.63, 3.8) is 0 Å². The maximum atomic E-state index is 12.5. The standard InChI is InChI=1S/C15H24N2O2/c1-4-15(3)14(19)17(11(2)13(18)16-15)10-9-12-7-5-6-8-12/h7,11H,4-6,8-10H2,1-3H3,(H,16,18). The summed E-state index contributed by atoms with van der Waals surface area (Å²) in [7, 11) is 0. The Hall–Kier alpha value is -1.32. The summed E-state index contributed by atoms with van der Waals surface area (Å²) in [5.41, 5.74) is 0.706. The third-order valence-corrected chi connectivity index (χ3v) is 4.49. The lowest BCUT2D eigenvalue weighted by Crippen LogP contribution is -2.68. The number of carbonyl (C=O) groups excluding carboxylic acids is 2. The Labute approximate surface area is 115 Å². The minimum absolute atomic E-state index is 0.0376. The van der Waals surface area contributed by atoms with Crippen molar-refractivity contribution in [3.05, 3.63) is 11.6 Å². The topological polar surface area (TPSA) is 49.4 Å². The van der Waals surface area contributed by atoms with Crippen LogP contribution in [-0.4, -0.2) is 34.8 Å². The summed E-state index contributed by atoms with van der Waals surface area (Å²) in [5.74, 6) is 0.0186. The average Bonchev–Trinajstić information content (AvgIpc) is 2.90. The molecule has 19 heavy (non-hydrogen) atoms. The van der Waals surface area contributed by atoms with Gasteiger partial charge in [0.05, 0.1) is 0 Å². The molecule has 2 aliphatic rings. The summed E-state index contributed by atoms with van der Waals surface area (Å²) >= 11 is 0. The summed E-state index contributed by atoms with van der Waals surface area (Å²) in [6.45, 7) is 6.23. The highest BCUT2D eigenvalue weighted by atomic mass is 16.2. The van der Waals surface area contributed by atoms with E-state index in [1.165, 1.54) is 12.0 Å². The zero-order valence-corrected chi connectivity index (χ0v) is 12.2. The highest BCUT2D eigenvalue weighted by Crippen LogP contribution is 2.25. The van der Waals surface area contributed by atoms with E-state index >= 15 is 0 Å². The van der Waals surface area contributed by atoms with E-state index in [9.17, 15) is 9.59 Å². The van der Waals surface area contributed by atoms with Gasteiger partial charge in [0.1, 0.15) is 11.6 Å². The minimum Gasteiger partial charge on any atom is -0.340 e. The molecule has 1 heterocycles. The third kappa shape index (κ3) is 2.67. The van der Waals surface area contributed by atoms with E-state index in [2.05, 4.69) is 11.4 Å². The van der Waals surface area contributed by atoms with Gasteiger partial charge in [-0.15, -0.1) is 0 Å². The van der Waals surface area contributed by atoms with Crippen molar-refractivity contribution in [3.8, 4) is 0 Å². The number of hydrogen-bond acceptors (Lipinski definition) is 2. The molecule has 2 amide bonds. The van der Waals surface area contributed by atoms with Crippen LogP contribution >= 0.6 is 0 Å². The Morgan fingerprint density at radius 2 is 2.21 bits per heavy atom. The van der Waals surface area contributed by atoms with E-state index in [0.29, 0.717) is 13.0 Å². The van der Waals surface area contributed by atoms with Crippen molar-refractivity contribution in [2.24, 2.45) is 0 Å². The molecule has 2 atom stereocenters. The highest BCUT2D eigenvalue weighted by Gasteiger charge is 2.44. The number of amides is 2. The molecule has 0 saturated carbocycles. The predicted molar refractivity (Wildman–Crippen MR) is 74.6 cm³/mol. The number of carbonyl (C=O) groups is 2. The fourth-order valence-electron chi connectivity index (χ4n) is 2.83. The molecule has 0 aromatic heterocycles. The highest BCUT2D eigenvalue weighted by molar-refractivity contribution is 5.99. The molecule has 1 fully saturated rings. The molecule has 1 aliphatic carbocycles. The minimum atomic E-state index is -0.729. The van der Waals surface area contributed by atoms with Gasteiger partial charge in [-0.1, -0.05) is 18.6 Å². The van der Waals surface area contributed by atoms with Gasteiger partial charge in [0.15, 0.2) is 0 Å². The molecule has 2 unspecified atom stereocenters. The molecule has 4 heteroatoms. The maximum Gasteiger partial charge on any atom is 0.248 e. The van der Waals surface area contributed by atoms with Gasteiger partial charge in [-0.3, -0.25) is 9.59 Å². The first-order chi connectivity index (χ1) is 8.98. The second kappa shape index (κ2) is 5.35. The van der Waals surface area contributed by atoms with Crippen LogP contribution in [0.1, 0.15) is 52.9 Å². The molecule has 0 aromatic carbocycles. The van der Waals surface area contributed by atoms with E-state index in [0.717, 1.165) is 19.3 Å². The van der Waals surface area contributed by atoms with Crippen LogP contribution in [0.5, 0.6) is 0 Å². The first-order valence-electron chi connectivity index (χ1n) is 7.29. The number of hydrogen-bond donors (Lipinski definition) is 1. The quantitative estimate of drug-likeness (QED) is 0.790. The van der Waals surface area contributed by atoms with Crippen molar-refractivity contribution < 1.29 is 9.59 Å². The van der Waals surface area contributed by atoms with Crippen LogP contribution in [0, 0.1) is 0 Å². The lowest BCUT2D eigenvalue weighted by atomic mass is 9.92. The van der Waals surface area contributed by atoms with Crippen molar-refractivity contribution in [2.75, 3.05) is 6.54 Å². The third-order valence-electron chi connectivity index (χ3n) is 4.49. The first-order valence-corrected chi connectivity index (χ1v) is 7.29. The molecule has 1 saturated heterocycles. The maximum absolute atomic E-state index is 12.5. The van der Waals surface area contributed by atoms with Crippen LogP contribution in [0.2, 0.25) is 0 Å². The second-order valence-electron chi connectivity index (χ2n) is 5.85. The van der Waals surface area contributed by atoms with Crippen molar-refractivity contribution in [1.29, 1.82) is 0 Å². The lowest BCUT2D eigenvalue weighted by Gasteiger charge is -2.43. The summed E-state index contributed by atoms with van der Waals surface area (Å²) in [5, 5.41) is 2.86. The molecule has 0 spiro atoms. The van der Waals surface area contributed by atoms with Crippen LogP contribution < -0.4 is 5.32 Å². The molecular formula is C15H24N2O2. The summed E-state index contributed by atoms with van der Waals surface area (Å²) in [6, 6.07) is -0.353. The molecule has 0 bridgehead atoms. The van der Waals surface area contributed by atoms with Gasteiger partial charge >= 0.3 is 0 Å². The smallest absolute Gasteiger partial charge is 0.248 e. The van der Waals surface area contributed by atoms with Gasteiger partial charge in [-0.05, 0) is 46.0 Å². The number of rotatable bonds is 4. The molecule has 106 valence electrons. The van der Waals surface area contributed by atoms with Crippen LogP contribution in [0.3, 0.4) is 0 Å². The van der Waals surface area contributed by atoms with Crippen molar-refractivity contribution in [2.45, 2.75) is 64.5 Å². The first kappa shape index (κ1) is 14.1. The molecule has 1 N–H and O–H groups in total. The molecule has 2 rings (SSSR count). The van der Waals surface area contributed by atoms with Gasteiger partial charge in [0.25, 0.3) is 0 Å². The summed E-state index contributed by atoms with van der Waals surface area (Å²) in [4.78, 5) is 26.3. The Morgan fingerprint density at radius 1 is 1.47 bits per heavy atom. The number of nitrogens with zero attached hydrogens (tertiary/aromatic N) is 1. The van der Waals surface area contributed by atoms with E-state index in [4.69, 9.17) is 0 Å². The number of allylic oxidation sites excluding steroid dienone is 1. The molecule has 0 aromatic rings. The van der Waals surface area contributed by atoms with Gasteiger partial charge in [-0.2, -0.15) is 0 Å². The van der Waals surface area contributed by atoms with Gasteiger partial charge < -0.3 is 10.2 Å². The fraction of sp³-hybridized carbons (Fsp3) is 0.733. The number of piperazine rings is 1. The Bertz CT molecular complexity index is 416. The van der Waals surface area contributed by atoms with Crippen LogP contribution in [-0.2, 0) is 9.59 Å². The summed E-state index contributed by atoms with van der Waals surface area (Å²) in [6.07, 6.45) is 7.34. The van der Waals surface area contributed by atoms with Crippen LogP contribution in [0.15, 0.2) is 11.6 Å². The zero-order chi connectivity index (χ0) is 14.0. The zero-order valence-electron chi connectivity index (χ0n) is 12.2.